The Bertz CT molecular complexity index is 97.9. The largest absolute Gasteiger partial charge is 0.366 e. The number of alkyl halides is 2. The summed E-state index contributed by atoms with van der Waals surface area (Å²) in [5.74, 6) is 0. The highest BCUT2D eigenvalue weighted by Gasteiger charge is 2.24. The van der Waals surface area contributed by atoms with E-state index < -0.39 is 17.5 Å². The second kappa shape index (κ2) is 2.47. The quantitative estimate of drug-likeness (QED) is 0.585. The van der Waals surface area contributed by atoms with Crippen LogP contribution in [0.3, 0.4) is 0 Å². The Morgan fingerprint density at radius 2 is 2.12 bits per heavy atom. The summed E-state index contributed by atoms with van der Waals surface area (Å²) >= 11 is -2.89. The van der Waals surface area contributed by atoms with Crippen LogP contribution in [0.1, 0.15) is 6.92 Å². The van der Waals surface area contributed by atoms with Crippen molar-refractivity contribution < 1.29 is 21.7 Å². The Kier molecular flexibility index (Phi) is 2.45. The van der Waals surface area contributed by atoms with Crippen molar-refractivity contribution in [2.24, 2.45) is 0 Å². The molecular formula is C2H4F2O3S. The van der Waals surface area contributed by atoms with Crippen molar-refractivity contribution in [3.63, 3.8) is 0 Å². The van der Waals surface area contributed by atoms with Gasteiger partial charge in [0.15, 0.2) is 0 Å². The molecule has 0 aliphatic heterocycles. The smallest absolute Gasteiger partial charge is 0.284 e. The Morgan fingerprint density at radius 1 is 1.75 bits per heavy atom. The van der Waals surface area contributed by atoms with Crippen LogP contribution in [0.4, 0.5) is 8.78 Å². The van der Waals surface area contributed by atoms with Gasteiger partial charge in [0.2, 0.25) is 0 Å². The van der Waals surface area contributed by atoms with Crippen LogP contribution in [0.2, 0.25) is 0 Å². The molecule has 0 bridgehead atoms. The van der Waals surface area contributed by atoms with Gasteiger partial charge >= 0.3 is 17.5 Å². The van der Waals surface area contributed by atoms with Gasteiger partial charge in [-0.25, -0.2) is 0 Å². The summed E-state index contributed by atoms with van der Waals surface area (Å²) in [5.41, 5.74) is 0. The number of hydrogen-bond acceptors (Lipinski definition) is 2. The van der Waals surface area contributed by atoms with Crippen molar-refractivity contribution in [2.75, 3.05) is 0 Å². The van der Waals surface area contributed by atoms with E-state index in [9.17, 15) is 13.0 Å². The molecule has 50 valence electrons. The molecule has 6 heteroatoms. The lowest BCUT2D eigenvalue weighted by molar-refractivity contribution is -0.155. The lowest BCUT2D eigenvalue weighted by atomic mass is 10.8. The van der Waals surface area contributed by atoms with E-state index in [1.807, 2.05) is 0 Å². The Morgan fingerprint density at radius 3 is 2.12 bits per heavy atom. The molecule has 1 unspecified atom stereocenters. The Hall–Kier alpha value is -0.0700. The van der Waals surface area contributed by atoms with E-state index >= 15 is 0 Å². The lowest BCUT2D eigenvalue weighted by Crippen LogP contribution is -2.16. The zero-order valence-electron chi connectivity index (χ0n) is 3.93. The van der Waals surface area contributed by atoms with E-state index in [1.165, 1.54) is 0 Å². The summed E-state index contributed by atoms with van der Waals surface area (Å²) < 4.78 is 43.0. The topological polar surface area (TPSA) is 46.5 Å². The highest BCUT2D eigenvalue weighted by molar-refractivity contribution is 7.74. The molecular weight excluding hydrogens is 142 g/mol. The van der Waals surface area contributed by atoms with Crippen molar-refractivity contribution in [1.29, 1.82) is 0 Å². The molecule has 1 N–H and O–H groups in total. The van der Waals surface area contributed by atoms with E-state index in [0.717, 1.165) is 0 Å². The van der Waals surface area contributed by atoms with Crippen LogP contribution in [0.25, 0.3) is 0 Å². The molecule has 0 rings (SSSR count). The normalized spacial score (nSPS) is 16.0. The van der Waals surface area contributed by atoms with Gasteiger partial charge < -0.3 is 0 Å². The van der Waals surface area contributed by atoms with Gasteiger partial charge in [-0.05, 0) is 0 Å². The second-order valence-corrected chi connectivity index (χ2v) is 1.71. The van der Waals surface area contributed by atoms with Crippen molar-refractivity contribution in [2.45, 2.75) is 13.0 Å². The maximum atomic E-state index is 11.4. The van der Waals surface area contributed by atoms with Crippen molar-refractivity contribution in [3.05, 3.63) is 0 Å². The fourth-order valence-electron chi connectivity index (χ4n) is 0.125. The summed E-state index contributed by atoms with van der Waals surface area (Å²) in [4.78, 5) is 0. The molecule has 8 heavy (non-hydrogen) atoms. The highest BCUT2D eigenvalue weighted by atomic mass is 32.2. The first-order valence-corrected chi connectivity index (χ1v) is 2.63. The van der Waals surface area contributed by atoms with E-state index in [4.69, 9.17) is 4.55 Å². The number of halogens is 2. The molecule has 0 aromatic carbocycles. The number of hydrogen-bond donors (Lipinski definition) is 1. The van der Waals surface area contributed by atoms with Crippen LogP contribution >= 0.6 is 0 Å². The third kappa shape index (κ3) is 5.93. The van der Waals surface area contributed by atoms with Crippen molar-refractivity contribution in [3.8, 4) is 0 Å². The summed E-state index contributed by atoms with van der Waals surface area (Å²) in [6, 6.07) is 0. The van der Waals surface area contributed by atoms with Crippen LogP contribution < -0.4 is 0 Å². The molecule has 0 spiro atoms. The average Bonchev–Trinajstić information content (AvgIpc) is 1.21. The van der Waals surface area contributed by atoms with Gasteiger partial charge in [0.05, 0.1) is 0 Å². The molecule has 0 aliphatic rings. The van der Waals surface area contributed by atoms with E-state index in [-0.39, 0.29) is 0 Å². The predicted molar refractivity (Wildman–Crippen MR) is 22.5 cm³/mol. The highest BCUT2D eigenvalue weighted by Crippen LogP contribution is 2.13. The maximum absolute atomic E-state index is 11.4. The lowest BCUT2D eigenvalue weighted by Gasteiger charge is -2.04. The molecule has 0 saturated carbocycles. The molecule has 1 atom stereocenters. The molecule has 3 nitrogen and oxygen atoms in total. The van der Waals surface area contributed by atoms with E-state index in [2.05, 4.69) is 4.18 Å². The standard InChI is InChI=1S/C2H4F2O3S/c1-2(3,4)7-8(5)6/h1H3,(H,5,6). The van der Waals surface area contributed by atoms with E-state index in [0.29, 0.717) is 6.92 Å². The predicted octanol–water partition coefficient (Wildman–Crippen LogP) is 0.752. The van der Waals surface area contributed by atoms with Crippen LogP contribution in [-0.4, -0.2) is 14.9 Å². The van der Waals surface area contributed by atoms with Crippen LogP contribution in [0.5, 0.6) is 0 Å². The minimum Gasteiger partial charge on any atom is -0.284 e. The fourth-order valence-corrected chi connectivity index (χ4v) is 0.376. The molecule has 0 heterocycles. The van der Waals surface area contributed by atoms with Crippen molar-refractivity contribution >= 4 is 11.4 Å². The van der Waals surface area contributed by atoms with E-state index in [1.54, 1.807) is 0 Å². The monoisotopic (exact) mass is 146 g/mol. The van der Waals surface area contributed by atoms with Crippen LogP contribution in [0, 0.1) is 0 Å². The molecule has 0 aliphatic carbocycles. The van der Waals surface area contributed by atoms with Crippen molar-refractivity contribution in [1.82, 2.24) is 0 Å². The average molecular weight is 146 g/mol. The molecule has 0 radical (unpaired) electrons. The molecule has 0 aromatic heterocycles. The Balaban J connectivity index is 3.55. The SMILES string of the molecule is CC(F)(F)OS(=O)O. The zero-order valence-corrected chi connectivity index (χ0v) is 4.74. The Labute approximate surface area is 47.1 Å². The second-order valence-electron chi connectivity index (χ2n) is 1.11. The van der Waals surface area contributed by atoms with Gasteiger partial charge in [0.1, 0.15) is 0 Å². The summed E-state index contributed by atoms with van der Waals surface area (Å²) in [6.07, 6.45) is -3.53. The molecule has 0 fully saturated rings. The molecule has 0 aromatic rings. The van der Waals surface area contributed by atoms with Gasteiger partial charge in [-0.1, -0.05) is 0 Å². The molecule has 0 amide bonds. The third-order valence-electron chi connectivity index (χ3n) is 0.218. The third-order valence-corrected chi connectivity index (χ3v) is 0.653. The molecule has 0 saturated heterocycles. The summed E-state index contributed by atoms with van der Waals surface area (Å²) in [6.45, 7) is 0.376. The minimum absolute atomic E-state index is 0.376. The van der Waals surface area contributed by atoms with Crippen LogP contribution in [-0.2, 0) is 15.5 Å². The summed E-state index contributed by atoms with van der Waals surface area (Å²) in [5, 5.41) is 0. The van der Waals surface area contributed by atoms with Gasteiger partial charge in [-0.2, -0.15) is 17.2 Å². The van der Waals surface area contributed by atoms with Crippen LogP contribution in [0.15, 0.2) is 0 Å². The van der Waals surface area contributed by atoms with Gasteiger partial charge in [0.25, 0.3) is 0 Å². The first-order chi connectivity index (χ1) is 3.42. The minimum atomic E-state index is -3.53. The first-order valence-electron chi connectivity index (χ1n) is 1.60. The zero-order chi connectivity index (χ0) is 6.78. The van der Waals surface area contributed by atoms with Gasteiger partial charge in [-0.3, -0.25) is 4.55 Å². The first kappa shape index (κ1) is 7.93. The summed E-state index contributed by atoms with van der Waals surface area (Å²) in [7, 11) is 0. The van der Waals surface area contributed by atoms with Gasteiger partial charge in [-0.15, -0.1) is 0 Å². The number of rotatable bonds is 2. The van der Waals surface area contributed by atoms with Gasteiger partial charge in [0, 0.05) is 6.92 Å². The maximum Gasteiger partial charge on any atom is 0.366 e. The fraction of sp³-hybridized carbons (Fsp3) is 1.00.